The Bertz CT molecular complexity index is 853. The van der Waals surface area contributed by atoms with Gasteiger partial charge in [-0.15, -0.1) is 6.58 Å². The van der Waals surface area contributed by atoms with Crippen molar-refractivity contribution < 1.29 is 9.59 Å². The molecule has 2 amide bonds. The van der Waals surface area contributed by atoms with Crippen LogP contribution in [-0.2, 0) is 9.59 Å². The molecular formula is C31H50N4O2. The molecule has 7 fully saturated rings. The minimum atomic E-state index is 0.0737. The summed E-state index contributed by atoms with van der Waals surface area (Å²) in [5.74, 6) is 1.51. The fourth-order valence-electron chi connectivity index (χ4n) is 6.99. The van der Waals surface area contributed by atoms with Crippen molar-refractivity contribution in [2.24, 2.45) is 23.2 Å². The summed E-state index contributed by atoms with van der Waals surface area (Å²) in [6.07, 6.45) is 10.8. The van der Waals surface area contributed by atoms with E-state index in [1.807, 2.05) is 4.90 Å². The molecule has 6 aliphatic heterocycles. The number of carbonyl (C=O) groups is 2. The van der Waals surface area contributed by atoms with Crippen molar-refractivity contribution >= 4 is 11.8 Å². The van der Waals surface area contributed by atoms with Crippen molar-refractivity contribution in [3.63, 3.8) is 0 Å². The minimum absolute atomic E-state index is 0.0737. The van der Waals surface area contributed by atoms with E-state index < -0.39 is 0 Å². The highest BCUT2D eigenvalue weighted by atomic mass is 16.2. The fourth-order valence-corrected chi connectivity index (χ4v) is 6.99. The topological polar surface area (TPSA) is 55.9 Å². The maximum Gasteiger partial charge on any atom is 0.223 e. The van der Waals surface area contributed by atoms with E-state index in [0.29, 0.717) is 18.3 Å². The van der Waals surface area contributed by atoms with Gasteiger partial charge in [-0.25, -0.2) is 0 Å². The molecular weight excluding hydrogens is 460 g/mol. The first kappa shape index (κ1) is 28.1. The number of allylic oxidation sites excluding steroid dienone is 1. The van der Waals surface area contributed by atoms with Gasteiger partial charge < -0.3 is 10.2 Å². The second-order valence-corrected chi connectivity index (χ2v) is 12.4. The molecule has 6 saturated heterocycles. The number of carbonyl (C=O) groups excluding carboxylic acids is 2. The van der Waals surface area contributed by atoms with Gasteiger partial charge in [-0.2, -0.15) is 0 Å². The molecule has 1 N–H and O–H groups in total. The number of piperazine rings is 1. The van der Waals surface area contributed by atoms with E-state index in [2.05, 4.69) is 47.9 Å². The Kier molecular flexibility index (Phi) is 9.68. The van der Waals surface area contributed by atoms with Crippen LogP contribution in [0.4, 0.5) is 0 Å². The number of hydrogen-bond acceptors (Lipinski definition) is 4. The summed E-state index contributed by atoms with van der Waals surface area (Å²) in [7, 11) is 0. The van der Waals surface area contributed by atoms with Gasteiger partial charge in [0.15, 0.2) is 0 Å². The lowest BCUT2D eigenvalue weighted by Crippen LogP contribution is -2.49. The predicted molar refractivity (Wildman–Crippen MR) is 151 cm³/mol. The van der Waals surface area contributed by atoms with E-state index in [0.717, 1.165) is 110 Å². The lowest BCUT2D eigenvalue weighted by molar-refractivity contribution is -0.133. The van der Waals surface area contributed by atoms with Crippen LogP contribution >= 0.6 is 0 Å². The SMILES string of the molecule is C=C[C@]1(C)CC[C@@H]2C[C@H]1C(=C)CN1CCC(CC1)C(=O)NCCCCCC(=O)N1CCN(CC1)CC2=C. The normalized spacial score (nSPS) is 37.3. The molecule has 6 heteroatoms. The van der Waals surface area contributed by atoms with Gasteiger partial charge in [0.2, 0.25) is 11.8 Å². The summed E-state index contributed by atoms with van der Waals surface area (Å²) >= 11 is 0. The van der Waals surface area contributed by atoms with Crippen LogP contribution in [0.3, 0.4) is 0 Å². The van der Waals surface area contributed by atoms with Crippen LogP contribution < -0.4 is 5.32 Å². The Labute approximate surface area is 225 Å². The molecule has 6 bridgehead atoms. The van der Waals surface area contributed by atoms with Gasteiger partial charge >= 0.3 is 0 Å². The zero-order chi connectivity index (χ0) is 26.4. The summed E-state index contributed by atoms with van der Waals surface area (Å²) in [6, 6.07) is 0. The van der Waals surface area contributed by atoms with Crippen molar-refractivity contribution in [2.45, 2.75) is 64.7 Å². The zero-order valence-electron chi connectivity index (χ0n) is 23.3. The van der Waals surface area contributed by atoms with E-state index in [1.54, 1.807) is 0 Å². The van der Waals surface area contributed by atoms with E-state index in [1.165, 1.54) is 11.1 Å². The van der Waals surface area contributed by atoms with Crippen LogP contribution in [0, 0.1) is 23.2 Å². The molecule has 0 radical (unpaired) electrons. The van der Waals surface area contributed by atoms with Crippen LogP contribution in [0.25, 0.3) is 0 Å². The summed E-state index contributed by atoms with van der Waals surface area (Å²) < 4.78 is 0. The van der Waals surface area contributed by atoms with Gasteiger partial charge in [-0.05, 0) is 75.3 Å². The van der Waals surface area contributed by atoms with E-state index >= 15 is 0 Å². The third-order valence-electron chi connectivity index (χ3n) is 9.79. The van der Waals surface area contributed by atoms with Crippen LogP contribution in [0.2, 0.25) is 0 Å². The van der Waals surface area contributed by atoms with E-state index in [-0.39, 0.29) is 23.1 Å². The van der Waals surface area contributed by atoms with Gasteiger partial charge in [0.05, 0.1) is 0 Å². The molecule has 6 heterocycles. The highest BCUT2D eigenvalue weighted by molar-refractivity contribution is 5.78. The molecule has 1 saturated carbocycles. The number of piperidine rings is 1. The molecule has 0 unspecified atom stereocenters. The molecule has 7 rings (SSSR count). The number of amides is 2. The second kappa shape index (κ2) is 12.8. The van der Waals surface area contributed by atoms with Crippen molar-refractivity contribution in [3.8, 4) is 0 Å². The van der Waals surface area contributed by atoms with Gasteiger partial charge in [-0.1, -0.05) is 43.7 Å². The molecule has 7 aliphatic rings. The van der Waals surface area contributed by atoms with Crippen LogP contribution in [0.15, 0.2) is 37.0 Å². The first-order valence-corrected chi connectivity index (χ1v) is 14.8. The summed E-state index contributed by atoms with van der Waals surface area (Å²) in [4.78, 5) is 32.5. The summed E-state index contributed by atoms with van der Waals surface area (Å²) in [5.41, 5.74) is 2.73. The molecule has 37 heavy (non-hydrogen) atoms. The van der Waals surface area contributed by atoms with Crippen molar-refractivity contribution in [1.29, 1.82) is 0 Å². The third-order valence-corrected chi connectivity index (χ3v) is 9.79. The van der Waals surface area contributed by atoms with Gasteiger partial charge in [0.1, 0.15) is 0 Å². The Morgan fingerprint density at radius 1 is 0.865 bits per heavy atom. The number of rotatable bonds is 1. The Morgan fingerprint density at radius 3 is 2.24 bits per heavy atom. The maximum absolute atomic E-state index is 12.7. The molecule has 0 aromatic rings. The molecule has 1 aliphatic carbocycles. The summed E-state index contributed by atoms with van der Waals surface area (Å²) in [5, 5.41) is 3.16. The lowest BCUT2D eigenvalue weighted by Gasteiger charge is -2.46. The van der Waals surface area contributed by atoms with Crippen LogP contribution in [0.5, 0.6) is 0 Å². The number of nitrogens with one attached hydrogen (secondary N) is 1. The highest BCUT2D eigenvalue weighted by Gasteiger charge is 2.40. The number of hydrogen-bond donors (Lipinski definition) is 1. The highest BCUT2D eigenvalue weighted by Crippen LogP contribution is 2.49. The second-order valence-electron chi connectivity index (χ2n) is 12.4. The van der Waals surface area contributed by atoms with Crippen molar-refractivity contribution in [1.82, 2.24) is 20.0 Å². The van der Waals surface area contributed by atoms with Crippen LogP contribution in [-0.4, -0.2) is 85.4 Å². The maximum atomic E-state index is 12.7. The smallest absolute Gasteiger partial charge is 0.223 e. The van der Waals surface area contributed by atoms with Crippen molar-refractivity contribution in [3.05, 3.63) is 37.0 Å². The summed E-state index contributed by atoms with van der Waals surface area (Å²) in [6.45, 7) is 23.7. The minimum Gasteiger partial charge on any atom is -0.356 e. The van der Waals surface area contributed by atoms with Crippen molar-refractivity contribution in [2.75, 3.05) is 58.9 Å². The predicted octanol–water partition coefficient (Wildman–Crippen LogP) is 4.25. The van der Waals surface area contributed by atoms with Crippen LogP contribution in [0.1, 0.15) is 64.7 Å². The monoisotopic (exact) mass is 510 g/mol. The molecule has 206 valence electrons. The Hall–Kier alpha value is -1.92. The molecule has 3 atom stereocenters. The Balaban J connectivity index is 1.44. The zero-order valence-corrected chi connectivity index (χ0v) is 23.3. The fraction of sp³-hybridized carbons (Fsp3) is 0.742. The largest absolute Gasteiger partial charge is 0.356 e. The molecule has 0 aromatic heterocycles. The van der Waals surface area contributed by atoms with Gasteiger partial charge in [-0.3, -0.25) is 19.4 Å². The van der Waals surface area contributed by atoms with Gasteiger partial charge in [0, 0.05) is 58.2 Å². The third kappa shape index (κ3) is 7.14. The van der Waals surface area contributed by atoms with E-state index in [4.69, 9.17) is 0 Å². The molecule has 0 spiro atoms. The quantitative estimate of drug-likeness (QED) is 0.536. The lowest BCUT2D eigenvalue weighted by atomic mass is 9.61. The molecule has 6 nitrogen and oxygen atoms in total. The average molecular weight is 511 g/mol. The standard InChI is InChI=1S/C31H50N4O2/c1-5-31(4)13-10-27-21-28(31)25(3)23-33-15-11-26(12-16-33)30(37)32-14-8-6-7-9-29(36)35-19-17-34(18-20-35)22-24(27)2/h5,26-28H,1-3,6-23H2,4H3,(H,32,37)/t27-,28+,31-/m1/s1. The molecule has 0 aromatic carbocycles. The first-order valence-electron chi connectivity index (χ1n) is 14.8. The van der Waals surface area contributed by atoms with Gasteiger partial charge in [0.25, 0.3) is 0 Å². The Morgan fingerprint density at radius 2 is 1.54 bits per heavy atom. The number of nitrogens with zero attached hydrogens (tertiary/aromatic N) is 3. The first-order chi connectivity index (χ1) is 17.8. The average Bonchev–Trinajstić information content (AvgIpc) is 2.90. The van der Waals surface area contributed by atoms with E-state index in [9.17, 15) is 9.59 Å².